The van der Waals surface area contributed by atoms with Gasteiger partial charge >= 0.3 is 0 Å². The molecule has 29 heavy (non-hydrogen) atoms. The highest BCUT2D eigenvalue weighted by atomic mass is 16.2. The number of primary amides is 1. The van der Waals surface area contributed by atoms with Crippen molar-refractivity contribution < 1.29 is 9.59 Å². The molecule has 8 nitrogen and oxygen atoms in total. The van der Waals surface area contributed by atoms with Gasteiger partial charge in [0.1, 0.15) is 0 Å². The number of hydrogen-bond donors (Lipinski definition) is 3. The van der Waals surface area contributed by atoms with Crippen LogP contribution in [0.25, 0.3) is 0 Å². The Hall–Kier alpha value is -2.61. The van der Waals surface area contributed by atoms with Gasteiger partial charge in [-0.25, -0.2) is 4.99 Å². The molecule has 1 aliphatic heterocycles. The number of rotatable bonds is 8. The molecule has 0 saturated carbocycles. The van der Waals surface area contributed by atoms with Crippen LogP contribution in [0.15, 0.2) is 29.3 Å². The van der Waals surface area contributed by atoms with Crippen molar-refractivity contribution in [3.8, 4) is 0 Å². The second-order valence-corrected chi connectivity index (χ2v) is 7.78. The largest absolute Gasteiger partial charge is 0.370 e. The number of nitrogens with zero attached hydrogens (tertiary/aromatic N) is 3. The van der Waals surface area contributed by atoms with Crippen molar-refractivity contribution in [1.29, 1.82) is 0 Å². The molecule has 1 aliphatic rings. The molecule has 160 valence electrons. The van der Waals surface area contributed by atoms with E-state index in [4.69, 9.17) is 10.7 Å². The molecule has 1 atom stereocenters. The number of likely N-dealkylation sites (N-methyl/N-ethyl adjacent to an activating group) is 1. The number of aliphatic imine (C=N–C) groups is 1. The number of piperidine rings is 1. The first-order chi connectivity index (χ1) is 13.9. The molecule has 1 heterocycles. The zero-order valence-corrected chi connectivity index (χ0v) is 17.8. The average molecular weight is 403 g/mol. The molecular formula is C21H34N6O2. The van der Waals surface area contributed by atoms with Crippen molar-refractivity contribution in [2.24, 2.45) is 16.6 Å². The molecule has 0 spiro atoms. The van der Waals surface area contributed by atoms with Crippen molar-refractivity contribution in [2.45, 2.75) is 32.7 Å². The fraction of sp³-hybridized carbons (Fsp3) is 0.571. The van der Waals surface area contributed by atoms with E-state index in [1.165, 1.54) is 0 Å². The summed E-state index contributed by atoms with van der Waals surface area (Å²) >= 11 is 0. The second kappa shape index (κ2) is 11.4. The van der Waals surface area contributed by atoms with Gasteiger partial charge in [0.2, 0.25) is 11.8 Å². The van der Waals surface area contributed by atoms with E-state index in [-0.39, 0.29) is 17.7 Å². The van der Waals surface area contributed by atoms with Gasteiger partial charge < -0.3 is 26.2 Å². The number of nitrogens with one attached hydrogen (secondary N) is 2. The summed E-state index contributed by atoms with van der Waals surface area (Å²) in [5.41, 5.74) is 7.17. The first kappa shape index (κ1) is 22.7. The minimum Gasteiger partial charge on any atom is -0.370 e. The third-order valence-electron chi connectivity index (χ3n) is 4.73. The molecule has 0 bridgehead atoms. The van der Waals surface area contributed by atoms with Crippen LogP contribution >= 0.6 is 0 Å². The summed E-state index contributed by atoms with van der Waals surface area (Å²) in [6.07, 6.45) is 2.47. The maximum absolute atomic E-state index is 12.0. The fourth-order valence-corrected chi connectivity index (χ4v) is 3.54. The maximum atomic E-state index is 12.0. The predicted octanol–water partition coefficient (Wildman–Crippen LogP) is 1.24. The third-order valence-corrected chi connectivity index (χ3v) is 4.73. The fourth-order valence-electron chi connectivity index (χ4n) is 3.54. The molecule has 0 radical (unpaired) electrons. The highest BCUT2D eigenvalue weighted by molar-refractivity contribution is 5.92. The van der Waals surface area contributed by atoms with Crippen LogP contribution in [0.3, 0.4) is 0 Å². The van der Waals surface area contributed by atoms with Crippen LogP contribution in [0.5, 0.6) is 0 Å². The summed E-state index contributed by atoms with van der Waals surface area (Å²) in [5.74, 6) is 0.841. The number of carbonyl (C=O) groups excluding carboxylic acids is 2. The van der Waals surface area contributed by atoms with Crippen LogP contribution < -0.4 is 16.4 Å². The van der Waals surface area contributed by atoms with Gasteiger partial charge in [-0.15, -0.1) is 0 Å². The minimum atomic E-state index is -0.244. The molecule has 1 aromatic rings. The zero-order valence-electron chi connectivity index (χ0n) is 17.8. The van der Waals surface area contributed by atoms with E-state index < -0.39 is 0 Å². The first-order valence-corrected chi connectivity index (χ1v) is 10.2. The third kappa shape index (κ3) is 8.11. The van der Waals surface area contributed by atoms with Crippen LogP contribution in [0.4, 0.5) is 5.69 Å². The van der Waals surface area contributed by atoms with Crippen molar-refractivity contribution in [2.75, 3.05) is 45.6 Å². The van der Waals surface area contributed by atoms with E-state index in [2.05, 4.69) is 15.5 Å². The van der Waals surface area contributed by atoms with Crippen LogP contribution in [-0.4, -0.2) is 67.8 Å². The standard InChI is InChI=1S/C21H34N6O2/c1-4-23-21(27-10-6-8-17(14-27)12-19(22)28)24-13-16-7-5-9-18(11-16)25-20(29)15-26(2)3/h5,7,9,11,17H,4,6,8,10,12-15H2,1-3H3,(H2,22,28)(H,23,24)(H,25,29). The molecule has 0 aliphatic carbocycles. The summed E-state index contributed by atoms with van der Waals surface area (Å²) in [7, 11) is 3.73. The lowest BCUT2D eigenvalue weighted by molar-refractivity contribution is -0.119. The highest BCUT2D eigenvalue weighted by Gasteiger charge is 2.23. The molecule has 1 fully saturated rings. The molecule has 2 rings (SSSR count). The molecule has 1 unspecified atom stereocenters. The van der Waals surface area contributed by atoms with Crippen LogP contribution in [0.2, 0.25) is 0 Å². The Labute approximate surface area is 173 Å². The van der Waals surface area contributed by atoms with Crippen LogP contribution in [-0.2, 0) is 16.1 Å². The van der Waals surface area contributed by atoms with Gasteiger partial charge in [0.15, 0.2) is 5.96 Å². The maximum Gasteiger partial charge on any atom is 0.238 e. The van der Waals surface area contributed by atoms with E-state index in [1.54, 1.807) is 0 Å². The second-order valence-electron chi connectivity index (χ2n) is 7.78. The van der Waals surface area contributed by atoms with E-state index in [1.807, 2.05) is 50.2 Å². The Morgan fingerprint density at radius 2 is 2.14 bits per heavy atom. The van der Waals surface area contributed by atoms with Crippen molar-refractivity contribution in [1.82, 2.24) is 15.1 Å². The van der Waals surface area contributed by atoms with E-state index in [9.17, 15) is 9.59 Å². The lowest BCUT2D eigenvalue weighted by Gasteiger charge is -2.34. The van der Waals surface area contributed by atoms with Gasteiger partial charge in [-0.1, -0.05) is 12.1 Å². The lowest BCUT2D eigenvalue weighted by Crippen LogP contribution is -2.47. The summed E-state index contributed by atoms with van der Waals surface area (Å²) in [5, 5.41) is 6.26. The van der Waals surface area contributed by atoms with Gasteiger partial charge in [0.05, 0.1) is 13.1 Å². The van der Waals surface area contributed by atoms with Crippen molar-refractivity contribution >= 4 is 23.5 Å². The molecule has 4 N–H and O–H groups in total. The predicted molar refractivity (Wildman–Crippen MR) is 117 cm³/mol. The Morgan fingerprint density at radius 3 is 2.83 bits per heavy atom. The normalized spacial score (nSPS) is 17.3. The van der Waals surface area contributed by atoms with Crippen molar-refractivity contribution in [3.05, 3.63) is 29.8 Å². The van der Waals surface area contributed by atoms with Gasteiger partial charge in [0, 0.05) is 31.7 Å². The Kier molecular flexibility index (Phi) is 8.92. The summed E-state index contributed by atoms with van der Waals surface area (Å²) < 4.78 is 0. The number of likely N-dealkylation sites (tertiary alicyclic amines) is 1. The van der Waals surface area contributed by atoms with Crippen molar-refractivity contribution in [3.63, 3.8) is 0 Å². The lowest BCUT2D eigenvalue weighted by atomic mass is 9.95. The van der Waals surface area contributed by atoms with Gasteiger partial charge in [-0.2, -0.15) is 0 Å². The quantitative estimate of drug-likeness (QED) is 0.448. The van der Waals surface area contributed by atoms with E-state index in [0.717, 1.165) is 49.7 Å². The van der Waals surface area contributed by atoms with Gasteiger partial charge in [-0.05, 0) is 57.5 Å². The number of guanidine groups is 1. The Bertz CT molecular complexity index is 719. The SMILES string of the molecule is CCNC(=NCc1cccc(NC(=O)CN(C)C)c1)N1CCCC(CC(N)=O)C1. The average Bonchev–Trinajstić information content (AvgIpc) is 2.64. The minimum absolute atomic E-state index is 0.0437. The summed E-state index contributed by atoms with van der Waals surface area (Å²) in [6, 6.07) is 7.76. The molecule has 2 amide bonds. The van der Waals surface area contributed by atoms with E-state index >= 15 is 0 Å². The smallest absolute Gasteiger partial charge is 0.238 e. The van der Waals surface area contributed by atoms with Gasteiger partial charge in [0.25, 0.3) is 0 Å². The van der Waals surface area contributed by atoms with Gasteiger partial charge in [-0.3, -0.25) is 9.59 Å². The number of amides is 2. The molecule has 0 aromatic heterocycles. The Morgan fingerprint density at radius 1 is 1.34 bits per heavy atom. The van der Waals surface area contributed by atoms with E-state index in [0.29, 0.717) is 19.5 Å². The van der Waals surface area contributed by atoms with Crippen LogP contribution in [0, 0.1) is 5.92 Å². The van der Waals surface area contributed by atoms with Crippen LogP contribution in [0.1, 0.15) is 31.7 Å². The summed E-state index contributed by atoms with van der Waals surface area (Å²) in [6.45, 7) is 5.37. The number of anilines is 1. The molecule has 1 saturated heterocycles. The summed E-state index contributed by atoms with van der Waals surface area (Å²) in [4.78, 5) is 32.1. The topological polar surface area (TPSA) is 103 Å². The molecular weight excluding hydrogens is 368 g/mol. The monoisotopic (exact) mass is 402 g/mol. The highest BCUT2D eigenvalue weighted by Crippen LogP contribution is 2.20. The Balaban J connectivity index is 2.03. The number of benzene rings is 1. The first-order valence-electron chi connectivity index (χ1n) is 10.2. The molecule has 8 heteroatoms. The number of nitrogens with two attached hydrogens (primary N) is 1. The number of carbonyl (C=O) groups is 2. The zero-order chi connectivity index (χ0) is 21.2. The number of hydrogen-bond acceptors (Lipinski definition) is 4. The molecule has 1 aromatic carbocycles.